The molecule has 1 heterocycles. The molecule has 0 spiro atoms. The first-order valence-corrected chi connectivity index (χ1v) is 5.02. The molecule has 1 aromatic heterocycles. The van der Waals surface area contributed by atoms with Crippen molar-refractivity contribution in [3.05, 3.63) is 40.9 Å². The van der Waals surface area contributed by atoms with Gasteiger partial charge in [-0.25, -0.2) is 4.98 Å². The number of H-pyrrole nitrogens is 1. The van der Waals surface area contributed by atoms with E-state index in [0.29, 0.717) is 22.8 Å². The first-order chi connectivity index (χ1) is 8.26. The van der Waals surface area contributed by atoms with E-state index in [1.165, 1.54) is 19.5 Å². The molecule has 0 radical (unpaired) electrons. The minimum absolute atomic E-state index is 0.254. The summed E-state index contributed by atoms with van der Waals surface area (Å²) in [6, 6.07) is 5.21. The summed E-state index contributed by atoms with van der Waals surface area (Å²) in [5.41, 5.74) is 0.707. The first kappa shape index (κ1) is 11.2. The van der Waals surface area contributed by atoms with E-state index >= 15 is 0 Å². The van der Waals surface area contributed by atoms with Crippen LogP contribution in [0, 0.1) is 0 Å². The van der Waals surface area contributed by atoms with Gasteiger partial charge in [-0.3, -0.25) is 4.79 Å². The van der Waals surface area contributed by atoms with Crippen molar-refractivity contribution in [1.82, 2.24) is 9.97 Å². The SMILES string of the molecule is COc1ccc(-c2ncc[nH]c2=O)c(OC)c1. The van der Waals surface area contributed by atoms with Crippen molar-refractivity contribution < 1.29 is 9.47 Å². The molecule has 5 heteroatoms. The first-order valence-electron chi connectivity index (χ1n) is 5.02. The lowest BCUT2D eigenvalue weighted by Gasteiger charge is -2.08. The molecule has 88 valence electrons. The highest BCUT2D eigenvalue weighted by Gasteiger charge is 2.11. The third-order valence-electron chi connectivity index (χ3n) is 2.37. The molecule has 5 nitrogen and oxygen atoms in total. The van der Waals surface area contributed by atoms with Crippen molar-refractivity contribution in [3.8, 4) is 22.8 Å². The number of hydrogen-bond donors (Lipinski definition) is 1. The Morgan fingerprint density at radius 3 is 2.71 bits per heavy atom. The molecule has 2 rings (SSSR count). The largest absolute Gasteiger partial charge is 0.497 e. The maximum atomic E-state index is 11.6. The Hall–Kier alpha value is -2.30. The Morgan fingerprint density at radius 2 is 2.06 bits per heavy atom. The topological polar surface area (TPSA) is 64.2 Å². The van der Waals surface area contributed by atoms with Crippen molar-refractivity contribution in [3.63, 3.8) is 0 Å². The number of aromatic amines is 1. The standard InChI is InChI=1S/C12H12N2O3/c1-16-8-3-4-9(10(7-8)17-2)11-12(15)14-6-5-13-11/h3-7H,1-2H3,(H,14,15). The molecule has 1 aromatic carbocycles. The molecular weight excluding hydrogens is 220 g/mol. The van der Waals surface area contributed by atoms with Crippen molar-refractivity contribution in [1.29, 1.82) is 0 Å². The van der Waals surface area contributed by atoms with Gasteiger partial charge in [0.1, 0.15) is 17.2 Å². The number of benzene rings is 1. The highest BCUT2D eigenvalue weighted by Crippen LogP contribution is 2.30. The predicted octanol–water partition coefficient (Wildman–Crippen LogP) is 1.45. The number of aromatic nitrogens is 2. The summed E-state index contributed by atoms with van der Waals surface area (Å²) in [7, 11) is 3.11. The zero-order chi connectivity index (χ0) is 12.3. The number of nitrogens with one attached hydrogen (secondary N) is 1. The van der Waals surface area contributed by atoms with Gasteiger partial charge in [0.25, 0.3) is 5.56 Å². The van der Waals surface area contributed by atoms with E-state index in [-0.39, 0.29) is 5.56 Å². The second-order valence-electron chi connectivity index (χ2n) is 3.33. The summed E-state index contributed by atoms with van der Waals surface area (Å²) in [5, 5.41) is 0. The maximum absolute atomic E-state index is 11.6. The number of nitrogens with zero attached hydrogens (tertiary/aromatic N) is 1. The molecule has 0 aliphatic heterocycles. The average molecular weight is 232 g/mol. The molecule has 0 aliphatic carbocycles. The lowest BCUT2D eigenvalue weighted by Crippen LogP contribution is -2.10. The second kappa shape index (κ2) is 4.69. The third kappa shape index (κ3) is 2.13. The lowest BCUT2D eigenvalue weighted by molar-refractivity contribution is 0.395. The molecule has 17 heavy (non-hydrogen) atoms. The molecule has 0 unspecified atom stereocenters. The molecule has 0 fully saturated rings. The number of hydrogen-bond acceptors (Lipinski definition) is 4. The van der Waals surface area contributed by atoms with Crippen molar-refractivity contribution >= 4 is 0 Å². The Kier molecular flexibility index (Phi) is 3.09. The summed E-state index contributed by atoms with van der Waals surface area (Å²) >= 11 is 0. The zero-order valence-corrected chi connectivity index (χ0v) is 9.56. The average Bonchev–Trinajstić information content (AvgIpc) is 2.38. The Bertz CT molecular complexity index is 578. The normalized spacial score (nSPS) is 10.0. The van der Waals surface area contributed by atoms with Crippen molar-refractivity contribution in [2.75, 3.05) is 14.2 Å². The minimum Gasteiger partial charge on any atom is -0.497 e. The summed E-state index contributed by atoms with van der Waals surface area (Å²) in [6.45, 7) is 0. The fourth-order valence-electron chi connectivity index (χ4n) is 1.54. The van der Waals surface area contributed by atoms with Gasteiger partial charge in [0.15, 0.2) is 0 Å². The highest BCUT2D eigenvalue weighted by molar-refractivity contribution is 5.67. The quantitative estimate of drug-likeness (QED) is 0.870. The van der Waals surface area contributed by atoms with Gasteiger partial charge in [-0.2, -0.15) is 0 Å². The highest BCUT2D eigenvalue weighted by atomic mass is 16.5. The van der Waals surface area contributed by atoms with E-state index < -0.39 is 0 Å². The maximum Gasteiger partial charge on any atom is 0.274 e. The van der Waals surface area contributed by atoms with E-state index in [9.17, 15) is 4.79 Å². The van der Waals surface area contributed by atoms with Crippen molar-refractivity contribution in [2.24, 2.45) is 0 Å². The van der Waals surface area contributed by atoms with Gasteiger partial charge < -0.3 is 14.5 Å². The molecular formula is C12H12N2O3. The Morgan fingerprint density at radius 1 is 1.24 bits per heavy atom. The summed E-state index contributed by atoms with van der Waals surface area (Å²) < 4.78 is 10.3. The molecule has 0 saturated heterocycles. The minimum atomic E-state index is -0.254. The van der Waals surface area contributed by atoms with Gasteiger partial charge in [-0.1, -0.05) is 0 Å². The molecule has 2 aromatic rings. The fourth-order valence-corrected chi connectivity index (χ4v) is 1.54. The van der Waals surface area contributed by atoms with E-state index in [0.717, 1.165) is 0 Å². The van der Waals surface area contributed by atoms with E-state index in [1.807, 2.05) is 0 Å². The van der Waals surface area contributed by atoms with Crippen molar-refractivity contribution in [2.45, 2.75) is 0 Å². The summed E-state index contributed by atoms with van der Waals surface area (Å²) in [4.78, 5) is 18.3. The van der Waals surface area contributed by atoms with Crippen LogP contribution in [0.1, 0.15) is 0 Å². The van der Waals surface area contributed by atoms with Crippen LogP contribution < -0.4 is 15.0 Å². The van der Waals surface area contributed by atoms with Crippen LogP contribution in [0.2, 0.25) is 0 Å². The summed E-state index contributed by atoms with van der Waals surface area (Å²) in [5.74, 6) is 1.21. The lowest BCUT2D eigenvalue weighted by atomic mass is 10.1. The van der Waals surface area contributed by atoms with Gasteiger partial charge in [0.2, 0.25) is 0 Å². The zero-order valence-electron chi connectivity index (χ0n) is 9.56. The molecule has 0 amide bonds. The van der Waals surface area contributed by atoms with Gasteiger partial charge in [-0.05, 0) is 12.1 Å². The van der Waals surface area contributed by atoms with Gasteiger partial charge in [0, 0.05) is 24.0 Å². The molecule has 0 aliphatic rings. The van der Waals surface area contributed by atoms with Gasteiger partial charge in [0.05, 0.1) is 14.2 Å². The smallest absolute Gasteiger partial charge is 0.274 e. The van der Waals surface area contributed by atoms with Crippen LogP contribution >= 0.6 is 0 Å². The fraction of sp³-hybridized carbons (Fsp3) is 0.167. The van der Waals surface area contributed by atoms with Crippen LogP contribution in [0.15, 0.2) is 35.4 Å². The predicted molar refractivity (Wildman–Crippen MR) is 63.4 cm³/mol. The van der Waals surface area contributed by atoms with Crippen LogP contribution in [0.25, 0.3) is 11.3 Å². The van der Waals surface area contributed by atoms with Crippen LogP contribution in [-0.4, -0.2) is 24.2 Å². The summed E-state index contributed by atoms with van der Waals surface area (Å²) in [6.07, 6.45) is 3.02. The van der Waals surface area contributed by atoms with E-state index in [1.54, 1.807) is 25.3 Å². The Balaban J connectivity index is 2.60. The molecule has 0 atom stereocenters. The monoisotopic (exact) mass is 232 g/mol. The van der Waals surface area contributed by atoms with Gasteiger partial charge in [-0.15, -0.1) is 0 Å². The van der Waals surface area contributed by atoms with Crippen LogP contribution in [0.4, 0.5) is 0 Å². The number of rotatable bonds is 3. The van der Waals surface area contributed by atoms with E-state index in [2.05, 4.69) is 9.97 Å². The molecule has 0 saturated carbocycles. The number of ether oxygens (including phenoxy) is 2. The second-order valence-corrected chi connectivity index (χ2v) is 3.33. The van der Waals surface area contributed by atoms with Crippen LogP contribution in [-0.2, 0) is 0 Å². The molecule has 1 N–H and O–H groups in total. The van der Waals surface area contributed by atoms with Crippen LogP contribution in [0.5, 0.6) is 11.5 Å². The number of methoxy groups -OCH3 is 2. The van der Waals surface area contributed by atoms with Gasteiger partial charge >= 0.3 is 0 Å². The molecule has 0 bridgehead atoms. The van der Waals surface area contributed by atoms with E-state index in [4.69, 9.17) is 9.47 Å². The van der Waals surface area contributed by atoms with Crippen LogP contribution in [0.3, 0.4) is 0 Å². The third-order valence-corrected chi connectivity index (χ3v) is 2.37. The Labute approximate surface area is 98.0 Å².